The second-order valence-corrected chi connectivity index (χ2v) is 4.30. The highest BCUT2D eigenvalue weighted by Gasteiger charge is 2.98. The predicted molar refractivity (Wildman–Crippen MR) is 50.3 cm³/mol. The van der Waals surface area contributed by atoms with E-state index in [2.05, 4.69) is 4.74 Å². The van der Waals surface area contributed by atoms with Gasteiger partial charge in [0.2, 0.25) is 0 Å². The molecule has 1 fully saturated rings. The summed E-state index contributed by atoms with van der Waals surface area (Å²) in [4.78, 5) is 0. The Bertz CT molecular complexity index is 476. The fraction of sp³-hybridized carbons (Fsp3) is 0.455. The minimum atomic E-state index is -5.34. The van der Waals surface area contributed by atoms with E-state index in [0.717, 1.165) is 24.3 Å². The van der Waals surface area contributed by atoms with E-state index in [9.17, 15) is 30.7 Å². The molecule has 106 valence electrons. The Balaban J connectivity index is 2.36. The van der Waals surface area contributed by atoms with Crippen LogP contribution in [0.2, 0.25) is 0 Å². The molecule has 19 heavy (non-hydrogen) atoms. The second-order valence-electron chi connectivity index (χ2n) is 4.30. The van der Waals surface area contributed by atoms with Gasteiger partial charge in [0.25, 0.3) is 5.67 Å². The standard InChI is InChI=1S/C11H7F7O/c1-8(13)9(14,15)10(16,17)11(8,18)19-7-4-2-6(12)3-5-7/h2-5H,1H3. The zero-order valence-electron chi connectivity index (χ0n) is 9.36. The normalized spacial score (nSPS) is 35.6. The molecule has 2 unspecified atom stereocenters. The molecule has 0 heterocycles. The third-order valence-electron chi connectivity index (χ3n) is 3.06. The molecular weight excluding hydrogens is 281 g/mol. The van der Waals surface area contributed by atoms with Gasteiger partial charge in [0.1, 0.15) is 11.6 Å². The first-order chi connectivity index (χ1) is 8.47. The molecule has 0 aromatic heterocycles. The van der Waals surface area contributed by atoms with Crippen LogP contribution in [-0.2, 0) is 0 Å². The van der Waals surface area contributed by atoms with E-state index < -0.39 is 34.9 Å². The van der Waals surface area contributed by atoms with Gasteiger partial charge in [0, 0.05) is 0 Å². The summed E-state index contributed by atoms with van der Waals surface area (Å²) in [5, 5.41) is 0. The van der Waals surface area contributed by atoms with Gasteiger partial charge in [-0.1, -0.05) is 0 Å². The fourth-order valence-corrected chi connectivity index (χ4v) is 1.76. The number of hydrogen-bond donors (Lipinski definition) is 0. The molecule has 1 aliphatic rings. The van der Waals surface area contributed by atoms with Crippen LogP contribution in [0.4, 0.5) is 30.7 Å². The van der Waals surface area contributed by atoms with Crippen molar-refractivity contribution in [2.75, 3.05) is 0 Å². The topological polar surface area (TPSA) is 9.23 Å². The molecular formula is C11H7F7O. The number of alkyl halides is 6. The van der Waals surface area contributed by atoms with Crippen LogP contribution in [0.25, 0.3) is 0 Å². The zero-order valence-corrected chi connectivity index (χ0v) is 9.36. The number of hydrogen-bond acceptors (Lipinski definition) is 1. The molecule has 0 amide bonds. The summed E-state index contributed by atoms with van der Waals surface area (Å²) in [5.74, 6) is -16.5. The van der Waals surface area contributed by atoms with Crippen LogP contribution in [0.1, 0.15) is 6.92 Å². The Kier molecular flexibility index (Phi) is 2.60. The minimum absolute atomic E-state index is 0.0199. The number of rotatable bonds is 2. The van der Waals surface area contributed by atoms with Gasteiger partial charge in [0.05, 0.1) is 0 Å². The molecule has 2 atom stereocenters. The lowest BCUT2D eigenvalue weighted by atomic mass is 9.69. The number of ether oxygens (including phenoxy) is 1. The Labute approximate surface area is 103 Å². The summed E-state index contributed by atoms with van der Waals surface area (Å²) in [6, 6.07) is 2.89. The molecule has 2 rings (SSSR count). The summed E-state index contributed by atoms with van der Waals surface area (Å²) in [5.41, 5.74) is -4.21. The van der Waals surface area contributed by atoms with Crippen LogP contribution < -0.4 is 4.74 Å². The lowest BCUT2D eigenvalue weighted by Crippen LogP contribution is -2.86. The van der Waals surface area contributed by atoms with Crippen molar-refractivity contribution in [3.8, 4) is 5.75 Å². The predicted octanol–water partition coefficient (Wildman–Crippen LogP) is 3.88. The van der Waals surface area contributed by atoms with E-state index in [1.807, 2.05) is 0 Å². The Hall–Kier alpha value is -1.47. The van der Waals surface area contributed by atoms with E-state index in [0.29, 0.717) is 0 Å². The van der Waals surface area contributed by atoms with Gasteiger partial charge in [-0.15, -0.1) is 0 Å². The van der Waals surface area contributed by atoms with Gasteiger partial charge < -0.3 is 4.74 Å². The van der Waals surface area contributed by atoms with Crippen molar-refractivity contribution in [1.29, 1.82) is 0 Å². The van der Waals surface area contributed by atoms with Crippen molar-refractivity contribution in [2.24, 2.45) is 0 Å². The Morgan fingerprint density at radius 2 is 1.32 bits per heavy atom. The first kappa shape index (κ1) is 14.0. The number of halogens is 7. The van der Waals surface area contributed by atoms with Crippen LogP contribution in [0.15, 0.2) is 24.3 Å². The first-order valence-corrected chi connectivity index (χ1v) is 5.05. The van der Waals surface area contributed by atoms with E-state index in [1.54, 1.807) is 0 Å². The third kappa shape index (κ3) is 1.42. The lowest BCUT2D eigenvalue weighted by molar-refractivity contribution is -0.480. The summed E-state index contributed by atoms with van der Waals surface area (Å²) in [6.07, 6.45) is 0. The highest BCUT2D eigenvalue weighted by molar-refractivity contribution is 5.31. The van der Waals surface area contributed by atoms with Crippen molar-refractivity contribution >= 4 is 0 Å². The van der Waals surface area contributed by atoms with Gasteiger partial charge in [-0.2, -0.15) is 22.0 Å². The summed E-state index contributed by atoms with van der Waals surface area (Å²) in [6.45, 7) is -0.0199. The smallest absolute Gasteiger partial charge is 0.385 e. The lowest BCUT2D eigenvalue weighted by Gasteiger charge is -2.55. The Morgan fingerprint density at radius 1 is 0.842 bits per heavy atom. The molecule has 1 saturated carbocycles. The number of benzene rings is 1. The first-order valence-electron chi connectivity index (χ1n) is 5.05. The van der Waals surface area contributed by atoms with E-state index in [1.165, 1.54) is 0 Å². The van der Waals surface area contributed by atoms with Crippen LogP contribution in [-0.4, -0.2) is 23.4 Å². The maximum atomic E-state index is 13.8. The summed E-state index contributed by atoms with van der Waals surface area (Å²) < 4.78 is 95.7. The molecule has 0 aliphatic heterocycles. The molecule has 8 heteroatoms. The van der Waals surface area contributed by atoms with Crippen LogP contribution in [0, 0.1) is 5.82 Å². The maximum Gasteiger partial charge on any atom is 0.385 e. The maximum absolute atomic E-state index is 13.8. The van der Waals surface area contributed by atoms with E-state index in [-0.39, 0.29) is 6.92 Å². The van der Waals surface area contributed by atoms with Gasteiger partial charge >= 0.3 is 17.7 Å². The Morgan fingerprint density at radius 3 is 1.74 bits per heavy atom. The van der Waals surface area contributed by atoms with Crippen molar-refractivity contribution < 1.29 is 35.5 Å². The van der Waals surface area contributed by atoms with Crippen LogP contribution in [0.3, 0.4) is 0 Å². The quantitative estimate of drug-likeness (QED) is 0.750. The fourth-order valence-electron chi connectivity index (χ4n) is 1.76. The molecule has 0 bridgehead atoms. The van der Waals surface area contributed by atoms with Crippen LogP contribution in [0.5, 0.6) is 5.75 Å². The molecule has 1 aromatic carbocycles. The van der Waals surface area contributed by atoms with Gasteiger partial charge in [-0.05, 0) is 31.2 Å². The van der Waals surface area contributed by atoms with Gasteiger partial charge in [-0.3, -0.25) is 0 Å². The molecule has 1 aliphatic carbocycles. The monoisotopic (exact) mass is 288 g/mol. The molecule has 0 radical (unpaired) electrons. The largest absolute Gasteiger partial charge is 0.450 e. The molecule has 1 nitrogen and oxygen atoms in total. The van der Waals surface area contributed by atoms with Crippen molar-refractivity contribution in [2.45, 2.75) is 30.3 Å². The average molecular weight is 288 g/mol. The van der Waals surface area contributed by atoms with Crippen molar-refractivity contribution in [1.82, 2.24) is 0 Å². The van der Waals surface area contributed by atoms with Gasteiger partial charge in [-0.25, -0.2) is 8.78 Å². The van der Waals surface area contributed by atoms with E-state index >= 15 is 0 Å². The molecule has 0 spiro atoms. The van der Waals surface area contributed by atoms with Gasteiger partial charge in [0.15, 0.2) is 0 Å². The molecule has 0 N–H and O–H groups in total. The zero-order chi connectivity index (χ0) is 14.7. The van der Waals surface area contributed by atoms with Crippen molar-refractivity contribution in [3.05, 3.63) is 30.1 Å². The minimum Gasteiger partial charge on any atom is -0.450 e. The molecule has 0 saturated heterocycles. The molecule has 1 aromatic rings. The summed E-state index contributed by atoms with van der Waals surface area (Å²) in [7, 11) is 0. The summed E-state index contributed by atoms with van der Waals surface area (Å²) >= 11 is 0. The highest BCUT2D eigenvalue weighted by atomic mass is 19.3. The van der Waals surface area contributed by atoms with E-state index in [4.69, 9.17) is 0 Å². The SMILES string of the molecule is CC1(F)C(F)(F)C(F)(F)C1(F)Oc1ccc(F)cc1. The third-order valence-corrected chi connectivity index (χ3v) is 3.06. The average Bonchev–Trinajstić information content (AvgIpc) is 2.30. The van der Waals surface area contributed by atoms with Crippen LogP contribution >= 0.6 is 0 Å². The highest BCUT2D eigenvalue weighted by Crippen LogP contribution is 2.67. The second kappa shape index (κ2) is 3.55. The van der Waals surface area contributed by atoms with Crippen molar-refractivity contribution in [3.63, 3.8) is 0 Å².